The zero-order chi connectivity index (χ0) is 15.8. The highest BCUT2D eigenvalue weighted by Crippen LogP contribution is 2.29. The standard InChI is InChI=1S/C14H18ClN3O2S/c1-9-14(10(2)17-16-9)21(19,20)18(4)11(3)12-6-5-7-13(15)8-12/h5-8,11H,1-4H3,(H,16,17). The highest BCUT2D eigenvalue weighted by Gasteiger charge is 2.30. The van der Waals surface area contributed by atoms with Crippen LogP contribution in [-0.4, -0.2) is 30.0 Å². The van der Waals surface area contributed by atoms with Crippen LogP contribution in [0.2, 0.25) is 5.02 Å². The first-order chi connectivity index (χ1) is 9.75. The van der Waals surface area contributed by atoms with Crippen molar-refractivity contribution in [2.24, 2.45) is 0 Å². The van der Waals surface area contributed by atoms with Crippen molar-refractivity contribution in [3.8, 4) is 0 Å². The van der Waals surface area contributed by atoms with E-state index in [0.29, 0.717) is 16.4 Å². The lowest BCUT2D eigenvalue weighted by molar-refractivity contribution is 0.398. The summed E-state index contributed by atoms with van der Waals surface area (Å²) >= 11 is 5.97. The molecule has 0 radical (unpaired) electrons. The summed E-state index contributed by atoms with van der Waals surface area (Å²) < 4.78 is 26.9. The van der Waals surface area contributed by atoms with Crippen LogP contribution in [0.3, 0.4) is 0 Å². The summed E-state index contributed by atoms with van der Waals surface area (Å²) in [6.45, 7) is 5.20. The van der Waals surface area contributed by atoms with E-state index in [0.717, 1.165) is 5.56 Å². The van der Waals surface area contributed by atoms with Crippen molar-refractivity contribution < 1.29 is 8.42 Å². The lowest BCUT2D eigenvalue weighted by Crippen LogP contribution is -2.30. The van der Waals surface area contributed by atoms with Crippen LogP contribution in [-0.2, 0) is 10.0 Å². The molecule has 0 spiro atoms. The number of sulfonamides is 1. The van der Waals surface area contributed by atoms with E-state index in [1.54, 1.807) is 33.0 Å². The predicted octanol–water partition coefficient (Wildman–Crippen LogP) is 3.06. The SMILES string of the molecule is Cc1n[nH]c(C)c1S(=O)(=O)N(C)C(C)c1cccc(Cl)c1. The highest BCUT2D eigenvalue weighted by molar-refractivity contribution is 7.89. The van der Waals surface area contributed by atoms with E-state index in [1.807, 2.05) is 19.1 Å². The Morgan fingerprint density at radius 1 is 1.33 bits per heavy atom. The Balaban J connectivity index is 2.41. The fourth-order valence-corrected chi connectivity index (χ4v) is 4.13. The second kappa shape index (κ2) is 5.79. The molecule has 0 saturated carbocycles. The summed E-state index contributed by atoms with van der Waals surface area (Å²) in [5, 5.41) is 7.25. The molecule has 1 aromatic heterocycles. The molecule has 2 rings (SSSR count). The van der Waals surface area contributed by atoms with Gasteiger partial charge in [0.25, 0.3) is 0 Å². The van der Waals surface area contributed by atoms with Crippen LogP contribution in [0.15, 0.2) is 29.2 Å². The maximum Gasteiger partial charge on any atom is 0.247 e. The molecule has 1 unspecified atom stereocenters. The molecule has 0 amide bonds. The molecule has 1 aromatic carbocycles. The third-order valence-electron chi connectivity index (χ3n) is 3.57. The second-order valence-corrected chi connectivity index (χ2v) is 7.39. The number of nitrogens with zero attached hydrogens (tertiary/aromatic N) is 2. The molecule has 0 fully saturated rings. The van der Waals surface area contributed by atoms with Crippen LogP contribution in [0.25, 0.3) is 0 Å². The Labute approximate surface area is 130 Å². The largest absolute Gasteiger partial charge is 0.281 e. The average molecular weight is 328 g/mol. The number of halogens is 1. The summed E-state index contributed by atoms with van der Waals surface area (Å²) in [4.78, 5) is 0.235. The minimum absolute atomic E-state index is 0.235. The lowest BCUT2D eigenvalue weighted by Gasteiger charge is -2.25. The smallest absolute Gasteiger partial charge is 0.247 e. The van der Waals surface area contributed by atoms with E-state index < -0.39 is 10.0 Å². The molecule has 2 aromatic rings. The van der Waals surface area contributed by atoms with Crippen LogP contribution in [0.1, 0.15) is 29.9 Å². The molecule has 1 atom stereocenters. The normalized spacial score (nSPS) is 13.6. The maximum absolute atomic E-state index is 12.8. The van der Waals surface area contributed by atoms with Gasteiger partial charge in [0.15, 0.2) is 0 Å². The molecule has 1 N–H and O–H groups in total. The quantitative estimate of drug-likeness (QED) is 0.938. The van der Waals surface area contributed by atoms with Gasteiger partial charge in [-0.1, -0.05) is 23.7 Å². The van der Waals surface area contributed by atoms with Crippen molar-refractivity contribution in [1.29, 1.82) is 0 Å². The Morgan fingerprint density at radius 2 is 2.00 bits per heavy atom. The molecule has 0 aliphatic heterocycles. The molecule has 114 valence electrons. The highest BCUT2D eigenvalue weighted by atomic mass is 35.5. The first kappa shape index (κ1) is 16.0. The summed E-state index contributed by atoms with van der Waals surface area (Å²) in [6.07, 6.45) is 0. The summed E-state index contributed by atoms with van der Waals surface area (Å²) in [5.41, 5.74) is 1.85. The van der Waals surface area contributed by atoms with Crippen LogP contribution < -0.4 is 0 Å². The second-order valence-electron chi connectivity index (χ2n) is 5.02. The fraction of sp³-hybridized carbons (Fsp3) is 0.357. The van der Waals surface area contributed by atoms with E-state index in [1.165, 1.54) is 4.31 Å². The number of benzene rings is 1. The minimum atomic E-state index is -3.62. The van der Waals surface area contributed by atoms with Crippen LogP contribution in [0.5, 0.6) is 0 Å². The van der Waals surface area contributed by atoms with Crippen molar-refractivity contribution in [1.82, 2.24) is 14.5 Å². The van der Waals surface area contributed by atoms with Crippen molar-refractivity contribution in [2.45, 2.75) is 31.7 Å². The molecular weight excluding hydrogens is 310 g/mol. The van der Waals surface area contributed by atoms with Gasteiger partial charge < -0.3 is 0 Å². The third-order valence-corrected chi connectivity index (χ3v) is 6.00. The van der Waals surface area contributed by atoms with Gasteiger partial charge in [0, 0.05) is 18.1 Å². The number of rotatable bonds is 4. The van der Waals surface area contributed by atoms with Crippen molar-refractivity contribution in [3.63, 3.8) is 0 Å². The number of H-pyrrole nitrogens is 1. The third kappa shape index (κ3) is 2.97. The Hall–Kier alpha value is -1.37. The summed E-state index contributed by atoms with van der Waals surface area (Å²) in [6, 6.07) is 6.87. The zero-order valence-corrected chi connectivity index (χ0v) is 14.0. The van der Waals surface area contributed by atoms with Gasteiger partial charge in [0.1, 0.15) is 4.90 Å². The zero-order valence-electron chi connectivity index (χ0n) is 12.4. The van der Waals surface area contributed by atoms with Gasteiger partial charge in [-0.05, 0) is 38.5 Å². The Kier molecular flexibility index (Phi) is 4.41. The van der Waals surface area contributed by atoms with E-state index in [9.17, 15) is 8.42 Å². The first-order valence-corrected chi connectivity index (χ1v) is 8.32. The van der Waals surface area contributed by atoms with Gasteiger partial charge in [-0.2, -0.15) is 9.40 Å². The molecule has 0 aliphatic rings. The summed E-state index contributed by atoms with van der Waals surface area (Å²) in [5.74, 6) is 0. The van der Waals surface area contributed by atoms with Crippen molar-refractivity contribution in [3.05, 3.63) is 46.2 Å². The molecule has 21 heavy (non-hydrogen) atoms. The first-order valence-electron chi connectivity index (χ1n) is 6.50. The molecular formula is C14H18ClN3O2S. The molecule has 0 aliphatic carbocycles. The number of nitrogens with one attached hydrogen (secondary N) is 1. The minimum Gasteiger partial charge on any atom is -0.281 e. The number of hydrogen-bond acceptors (Lipinski definition) is 3. The molecule has 0 bridgehead atoms. The number of aryl methyl sites for hydroxylation is 2. The van der Waals surface area contributed by atoms with Gasteiger partial charge >= 0.3 is 0 Å². The van der Waals surface area contributed by atoms with Crippen LogP contribution >= 0.6 is 11.6 Å². The van der Waals surface area contributed by atoms with Gasteiger partial charge in [0.2, 0.25) is 10.0 Å². The predicted molar refractivity (Wildman–Crippen MR) is 82.9 cm³/mol. The Bertz CT molecular complexity index is 736. The number of aromatic amines is 1. The lowest BCUT2D eigenvalue weighted by atomic mass is 10.1. The molecule has 7 heteroatoms. The molecule has 1 heterocycles. The van der Waals surface area contributed by atoms with E-state index in [4.69, 9.17) is 11.6 Å². The van der Waals surface area contributed by atoms with E-state index >= 15 is 0 Å². The number of hydrogen-bond donors (Lipinski definition) is 1. The van der Waals surface area contributed by atoms with Crippen LogP contribution in [0, 0.1) is 13.8 Å². The fourth-order valence-electron chi connectivity index (χ4n) is 2.25. The van der Waals surface area contributed by atoms with E-state index in [-0.39, 0.29) is 10.9 Å². The van der Waals surface area contributed by atoms with Crippen molar-refractivity contribution >= 4 is 21.6 Å². The molecule has 0 saturated heterocycles. The monoisotopic (exact) mass is 327 g/mol. The topological polar surface area (TPSA) is 66.1 Å². The Morgan fingerprint density at radius 3 is 2.52 bits per heavy atom. The molecule has 5 nitrogen and oxygen atoms in total. The van der Waals surface area contributed by atoms with Gasteiger partial charge in [-0.3, -0.25) is 5.10 Å². The summed E-state index contributed by atoms with van der Waals surface area (Å²) in [7, 11) is -2.06. The van der Waals surface area contributed by atoms with E-state index in [2.05, 4.69) is 10.2 Å². The maximum atomic E-state index is 12.8. The van der Waals surface area contributed by atoms with Crippen LogP contribution in [0.4, 0.5) is 0 Å². The van der Waals surface area contributed by atoms with Gasteiger partial charge in [-0.25, -0.2) is 8.42 Å². The van der Waals surface area contributed by atoms with Gasteiger partial charge in [-0.15, -0.1) is 0 Å². The van der Waals surface area contributed by atoms with Gasteiger partial charge in [0.05, 0.1) is 11.4 Å². The van der Waals surface area contributed by atoms with Crippen molar-refractivity contribution in [2.75, 3.05) is 7.05 Å². The average Bonchev–Trinajstić information content (AvgIpc) is 2.77. The number of aromatic nitrogens is 2.